The maximum atomic E-state index is 11.9. The molecule has 1 heterocycles. The lowest BCUT2D eigenvalue weighted by molar-refractivity contribution is -0.131. The molecule has 5 nitrogen and oxygen atoms in total. The van der Waals surface area contributed by atoms with Gasteiger partial charge in [0.25, 0.3) is 0 Å². The maximum Gasteiger partial charge on any atom is 0.315 e. The third-order valence-electron chi connectivity index (χ3n) is 4.06. The van der Waals surface area contributed by atoms with Gasteiger partial charge in [0.05, 0.1) is 0 Å². The van der Waals surface area contributed by atoms with Crippen LogP contribution in [0.2, 0.25) is 0 Å². The number of carbonyl (C=O) groups is 2. The average molecular weight is 287 g/mol. The van der Waals surface area contributed by atoms with E-state index in [9.17, 15) is 9.59 Å². The fourth-order valence-corrected chi connectivity index (χ4v) is 2.68. The lowest BCUT2D eigenvalue weighted by atomic mass is 10.2. The van der Waals surface area contributed by atoms with Crippen LogP contribution in [-0.2, 0) is 11.3 Å². The van der Waals surface area contributed by atoms with Crippen molar-refractivity contribution in [3.8, 4) is 0 Å². The molecule has 2 fully saturated rings. The first-order chi connectivity index (χ1) is 10.2. The Kier molecular flexibility index (Phi) is 4.08. The Balaban J connectivity index is 1.40. The summed E-state index contributed by atoms with van der Waals surface area (Å²) in [6.07, 6.45) is 2.91. The van der Waals surface area contributed by atoms with Crippen LogP contribution in [0.25, 0.3) is 0 Å². The smallest absolute Gasteiger partial charge is 0.315 e. The Morgan fingerprint density at radius 2 is 1.90 bits per heavy atom. The Labute approximate surface area is 124 Å². The molecule has 3 rings (SSSR count). The highest BCUT2D eigenvalue weighted by Crippen LogP contribution is 2.32. The molecule has 0 bridgehead atoms. The molecule has 2 aliphatic rings. The van der Waals surface area contributed by atoms with E-state index in [0.717, 1.165) is 31.4 Å². The topological polar surface area (TPSA) is 61.4 Å². The van der Waals surface area contributed by atoms with Crippen LogP contribution in [0.5, 0.6) is 0 Å². The fraction of sp³-hybridized carbons (Fsp3) is 0.500. The summed E-state index contributed by atoms with van der Waals surface area (Å²) in [7, 11) is 0. The number of carbonyl (C=O) groups excluding carboxylic acids is 2. The van der Waals surface area contributed by atoms with Crippen LogP contribution >= 0.6 is 0 Å². The van der Waals surface area contributed by atoms with Crippen LogP contribution in [0, 0.1) is 5.92 Å². The summed E-state index contributed by atoms with van der Waals surface area (Å²) in [5.41, 5.74) is 1.07. The first-order valence-electron chi connectivity index (χ1n) is 7.59. The molecule has 1 aliphatic carbocycles. The lowest BCUT2D eigenvalue weighted by Gasteiger charge is -2.17. The maximum absolute atomic E-state index is 11.9. The van der Waals surface area contributed by atoms with Gasteiger partial charge in [-0.25, -0.2) is 4.79 Å². The van der Waals surface area contributed by atoms with E-state index in [1.54, 1.807) is 0 Å². The summed E-state index contributed by atoms with van der Waals surface area (Å²) in [4.78, 5) is 25.7. The standard InChI is InChI=1S/C16H21N3O2/c20-15(13-6-7-13)19-9-8-14(11-19)18-16(21)17-10-12-4-2-1-3-5-12/h1-5,13-14H,6-11H2,(H2,17,18,21). The number of likely N-dealkylation sites (tertiary alicyclic amines) is 1. The van der Waals surface area contributed by atoms with Crippen molar-refractivity contribution < 1.29 is 9.59 Å². The molecule has 5 heteroatoms. The van der Waals surface area contributed by atoms with Gasteiger partial charge in [0.15, 0.2) is 0 Å². The molecule has 0 aromatic heterocycles. The van der Waals surface area contributed by atoms with Crippen LogP contribution in [0.3, 0.4) is 0 Å². The second-order valence-electron chi connectivity index (χ2n) is 5.86. The monoisotopic (exact) mass is 287 g/mol. The second kappa shape index (κ2) is 6.16. The van der Waals surface area contributed by atoms with E-state index in [1.165, 1.54) is 0 Å². The van der Waals surface area contributed by atoms with Crippen LogP contribution in [0.15, 0.2) is 30.3 Å². The summed E-state index contributed by atoms with van der Waals surface area (Å²) in [5, 5.41) is 5.80. The summed E-state index contributed by atoms with van der Waals surface area (Å²) >= 11 is 0. The van der Waals surface area contributed by atoms with Crippen molar-refractivity contribution >= 4 is 11.9 Å². The highest BCUT2D eigenvalue weighted by atomic mass is 16.2. The zero-order valence-electron chi connectivity index (χ0n) is 12.0. The van der Waals surface area contributed by atoms with Crippen molar-refractivity contribution in [2.75, 3.05) is 13.1 Å². The lowest BCUT2D eigenvalue weighted by Crippen LogP contribution is -2.43. The van der Waals surface area contributed by atoms with Crippen molar-refractivity contribution in [2.45, 2.75) is 31.8 Å². The number of benzene rings is 1. The predicted octanol–water partition coefficient (Wildman–Crippen LogP) is 1.50. The highest BCUT2D eigenvalue weighted by molar-refractivity contribution is 5.81. The summed E-state index contributed by atoms with van der Waals surface area (Å²) < 4.78 is 0. The van der Waals surface area contributed by atoms with Gasteiger partial charge in [0, 0.05) is 31.6 Å². The summed E-state index contributed by atoms with van der Waals surface area (Å²) in [5.74, 6) is 0.527. The minimum atomic E-state index is -0.162. The largest absolute Gasteiger partial charge is 0.340 e. The predicted molar refractivity (Wildman–Crippen MR) is 79.5 cm³/mol. The molecular weight excluding hydrogens is 266 g/mol. The molecule has 1 aromatic carbocycles. The molecule has 1 aromatic rings. The number of nitrogens with one attached hydrogen (secondary N) is 2. The molecule has 1 unspecified atom stereocenters. The molecule has 112 valence electrons. The van der Waals surface area contributed by atoms with Crippen LogP contribution < -0.4 is 10.6 Å². The van der Waals surface area contributed by atoms with Crippen LogP contribution in [0.4, 0.5) is 4.79 Å². The molecule has 0 spiro atoms. The van der Waals surface area contributed by atoms with Gasteiger partial charge in [-0.15, -0.1) is 0 Å². The van der Waals surface area contributed by atoms with Crippen molar-refractivity contribution in [2.24, 2.45) is 5.92 Å². The van der Waals surface area contributed by atoms with Crippen molar-refractivity contribution in [3.05, 3.63) is 35.9 Å². The van der Waals surface area contributed by atoms with Crippen molar-refractivity contribution in [1.82, 2.24) is 15.5 Å². The van der Waals surface area contributed by atoms with E-state index < -0.39 is 0 Å². The van der Waals surface area contributed by atoms with E-state index in [0.29, 0.717) is 13.1 Å². The molecule has 1 saturated carbocycles. The molecule has 2 N–H and O–H groups in total. The van der Waals surface area contributed by atoms with Gasteiger partial charge in [-0.3, -0.25) is 4.79 Å². The third-order valence-corrected chi connectivity index (χ3v) is 4.06. The molecular formula is C16H21N3O2. The SMILES string of the molecule is O=C(NCc1ccccc1)NC1CCN(C(=O)C2CC2)C1. The molecule has 1 atom stereocenters. The van der Waals surface area contributed by atoms with E-state index >= 15 is 0 Å². The first kappa shape index (κ1) is 13.9. The van der Waals surface area contributed by atoms with Gasteiger partial charge in [0.1, 0.15) is 0 Å². The fourth-order valence-electron chi connectivity index (χ4n) is 2.68. The molecule has 0 radical (unpaired) electrons. The van der Waals surface area contributed by atoms with Gasteiger partial charge in [-0.05, 0) is 24.8 Å². The van der Waals surface area contributed by atoms with Crippen LogP contribution in [-0.4, -0.2) is 36.0 Å². The van der Waals surface area contributed by atoms with E-state index in [-0.39, 0.29) is 23.9 Å². The number of urea groups is 1. The van der Waals surface area contributed by atoms with E-state index in [2.05, 4.69) is 10.6 Å². The highest BCUT2D eigenvalue weighted by Gasteiger charge is 2.36. The Morgan fingerprint density at radius 1 is 1.14 bits per heavy atom. The first-order valence-corrected chi connectivity index (χ1v) is 7.59. The normalized spacial score (nSPS) is 21.1. The Morgan fingerprint density at radius 3 is 2.62 bits per heavy atom. The average Bonchev–Trinajstić information content (AvgIpc) is 3.26. The molecule has 21 heavy (non-hydrogen) atoms. The number of hydrogen-bond acceptors (Lipinski definition) is 2. The van der Waals surface area contributed by atoms with Gasteiger partial charge in [-0.1, -0.05) is 30.3 Å². The second-order valence-corrected chi connectivity index (χ2v) is 5.86. The van der Waals surface area contributed by atoms with Gasteiger partial charge < -0.3 is 15.5 Å². The zero-order chi connectivity index (χ0) is 14.7. The van der Waals surface area contributed by atoms with Gasteiger partial charge >= 0.3 is 6.03 Å². The number of amides is 3. The van der Waals surface area contributed by atoms with Gasteiger partial charge in [-0.2, -0.15) is 0 Å². The summed E-state index contributed by atoms with van der Waals surface area (Å²) in [6.45, 7) is 1.93. The molecule has 1 saturated heterocycles. The van der Waals surface area contributed by atoms with Crippen LogP contribution in [0.1, 0.15) is 24.8 Å². The minimum absolute atomic E-state index is 0.0727. The van der Waals surface area contributed by atoms with Crippen molar-refractivity contribution in [1.29, 1.82) is 0 Å². The Bertz CT molecular complexity index is 514. The number of nitrogens with zero attached hydrogens (tertiary/aromatic N) is 1. The summed E-state index contributed by atoms with van der Waals surface area (Å²) in [6, 6.07) is 9.72. The molecule has 1 aliphatic heterocycles. The van der Waals surface area contributed by atoms with E-state index in [4.69, 9.17) is 0 Å². The van der Waals surface area contributed by atoms with Crippen molar-refractivity contribution in [3.63, 3.8) is 0 Å². The number of hydrogen-bond donors (Lipinski definition) is 2. The Hall–Kier alpha value is -2.04. The third kappa shape index (κ3) is 3.74. The van der Waals surface area contributed by atoms with Gasteiger partial charge in [0.2, 0.25) is 5.91 Å². The quantitative estimate of drug-likeness (QED) is 0.881. The van der Waals surface area contributed by atoms with E-state index in [1.807, 2.05) is 35.2 Å². The minimum Gasteiger partial charge on any atom is -0.340 e. The molecule has 3 amide bonds. The zero-order valence-corrected chi connectivity index (χ0v) is 12.0. The number of rotatable bonds is 4.